The first-order chi connectivity index (χ1) is 8.38. The van der Waals surface area contributed by atoms with Crippen molar-refractivity contribution < 1.29 is 9.47 Å². The molecule has 2 rings (SSSR count). The lowest BCUT2D eigenvalue weighted by Gasteiger charge is -2.07. The van der Waals surface area contributed by atoms with Gasteiger partial charge in [-0.05, 0) is 37.4 Å². The van der Waals surface area contributed by atoms with Crippen LogP contribution in [0.5, 0.6) is 5.75 Å². The van der Waals surface area contributed by atoms with Crippen LogP contribution in [0.3, 0.4) is 0 Å². The fourth-order valence-electron chi connectivity index (χ4n) is 1.46. The van der Waals surface area contributed by atoms with E-state index < -0.39 is 0 Å². The molecule has 1 aliphatic carbocycles. The third-order valence-electron chi connectivity index (χ3n) is 2.71. The Balaban J connectivity index is 1.65. The summed E-state index contributed by atoms with van der Waals surface area (Å²) < 4.78 is 10.8. The summed E-state index contributed by atoms with van der Waals surface area (Å²) in [6.07, 6.45) is 4.36. The second-order valence-corrected chi connectivity index (χ2v) is 4.34. The van der Waals surface area contributed by atoms with Crippen LogP contribution in [0.15, 0.2) is 18.3 Å². The summed E-state index contributed by atoms with van der Waals surface area (Å²) in [7, 11) is 0. The molecular weight excluding hydrogens is 216 g/mol. The Morgan fingerprint density at radius 3 is 2.94 bits per heavy atom. The van der Waals surface area contributed by atoms with Gasteiger partial charge in [0.05, 0.1) is 18.5 Å². The summed E-state index contributed by atoms with van der Waals surface area (Å²) >= 11 is 0. The van der Waals surface area contributed by atoms with Gasteiger partial charge in [0, 0.05) is 6.54 Å². The third kappa shape index (κ3) is 4.71. The number of rotatable bonds is 8. The number of hydrogen-bond acceptors (Lipinski definition) is 4. The largest absolute Gasteiger partial charge is 0.466 e. The fraction of sp³-hybridized carbons (Fsp3) is 0.615. The van der Waals surface area contributed by atoms with Crippen molar-refractivity contribution in [1.29, 1.82) is 0 Å². The Morgan fingerprint density at radius 1 is 1.41 bits per heavy atom. The topological polar surface area (TPSA) is 43.4 Å². The maximum atomic E-state index is 5.44. The zero-order valence-corrected chi connectivity index (χ0v) is 10.3. The van der Waals surface area contributed by atoms with Crippen LogP contribution < -0.4 is 10.1 Å². The van der Waals surface area contributed by atoms with E-state index in [1.165, 1.54) is 12.8 Å². The summed E-state index contributed by atoms with van der Waals surface area (Å²) in [5.41, 5.74) is 1.03. The zero-order valence-electron chi connectivity index (χ0n) is 10.3. The average Bonchev–Trinajstić information content (AvgIpc) is 3.18. The maximum Gasteiger partial charge on any atom is 0.189 e. The minimum atomic E-state index is 0.324. The molecule has 0 saturated heterocycles. The smallest absolute Gasteiger partial charge is 0.189 e. The van der Waals surface area contributed by atoms with Gasteiger partial charge in [0.25, 0.3) is 0 Å². The normalized spacial score (nSPS) is 14.9. The van der Waals surface area contributed by atoms with Crippen molar-refractivity contribution in [1.82, 2.24) is 10.3 Å². The lowest BCUT2D eigenvalue weighted by atomic mass is 10.3. The molecule has 0 unspecified atom stereocenters. The van der Waals surface area contributed by atoms with Crippen LogP contribution >= 0.6 is 0 Å². The van der Waals surface area contributed by atoms with Crippen molar-refractivity contribution in [3.05, 3.63) is 24.0 Å². The third-order valence-corrected chi connectivity index (χ3v) is 2.71. The van der Waals surface area contributed by atoms with Gasteiger partial charge in [-0.1, -0.05) is 6.92 Å². The zero-order chi connectivity index (χ0) is 11.9. The number of pyridine rings is 1. The van der Waals surface area contributed by atoms with Gasteiger partial charge in [-0.25, -0.2) is 0 Å². The molecule has 1 N–H and O–H groups in total. The van der Waals surface area contributed by atoms with Gasteiger partial charge >= 0.3 is 0 Å². The molecule has 0 spiro atoms. The fourth-order valence-corrected chi connectivity index (χ4v) is 1.46. The highest BCUT2D eigenvalue weighted by Gasteiger charge is 2.20. The van der Waals surface area contributed by atoms with E-state index >= 15 is 0 Å². The first-order valence-corrected chi connectivity index (χ1v) is 6.24. The molecule has 0 aliphatic heterocycles. The number of nitrogens with one attached hydrogen (secondary N) is 1. The molecule has 1 aromatic heterocycles. The second-order valence-electron chi connectivity index (χ2n) is 4.34. The van der Waals surface area contributed by atoms with Crippen LogP contribution in [0.2, 0.25) is 0 Å². The highest BCUT2D eigenvalue weighted by atomic mass is 16.7. The molecule has 1 aromatic rings. The van der Waals surface area contributed by atoms with E-state index in [9.17, 15) is 0 Å². The highest BCUT2D eigenvalue weighted by Crippen LogP contribution is 2.28. The summed E-state index contributed by atoms with van der Waals surface area (Å²) in [5, 5.41) is 3.23. The Labute approximate surface area is 102 Å². The molecule has 0 aromatic carbocycles. The van der Waals surface area contributed by atoms with Crippen molar-refractivity contribution in [2.45, 2.75) is 26.3 Å². The van der Waals surface area contributed by atoms with Gasteiger partial charge in [-0.2, -0.15) is 0 Å². The van der Waals surface area contributed by atoms with Crippen molar-refractivity contribution in [2.24, 2.45) is 5.92 Å². The highest BCUT2D eigenvalue weighted by molar-refractivity contribution is 5.19. The molecule has 0 radical (unpaired) electrons. The van der Waals surface area contributed by atoms with Crippen molar-refractivity contribution in [3.63, 3.8) is 0 Å². The minimum Gasteiger partial charge on any atom is -0.466 e. The van der Waals surface area contributed by atoms with Crippen molar-refractivity contribution in [2.75, 3.05) is 19.9 Å². The standard InChI is InChI=1S/C13H20N2O2/c1-2-14-7-12-5-6-13(8-15-12)17-10-16-9-11-3-4-11/h5-6,8,11,14H,2-4,7,9-10H2,1H3. The van der Waals surface area contributed by atoms with Gasteiger partial charge in [0.2, 0.25) is 0 Å². The molecule has 94 valence electrons. The van der Waals surface area contributed by atoms with Crippen LogP contribution in [0.25, 0.3) is 0 Å². The summed E-state index contributed by atoms with van der Waals surface area (Å²) in [6.45, 7) is 4.98. The van der Waals surface area contributed by atoms with Crippen LogP contribution in [0.4, 0.5) is 0 Å². The molecule has 1 saturated carbocycles. The van der Waals surface area contributed by atoms with E-state index in [1.54, 1.807) is 6.20 Å². The first-order valence-electron chi connectivity index (χ1n) is 6.24. The minimum absolute atomic E-state index is 0.324. The van der Waals surface area contributed by atoms with Gasteiger partial charge in [0.15, 0.2) is 6.79 Å². The molecular formula is C13H20N2O2. The van der Waals surface area contributed by atoms with Crippen LogP contribution in [-0.2, 0) is 11.3 Å². The monoisotopic (exact) mass is 236 g/mol. The van der Waals surface area contributed by atoms with E-state index in [2.05, 4.69) is 17.2 Å². The van der Waals surface area contributed by atoms with E-state index in [4.69, 9.17) is 9.47 Å². The van der Waals surface area contributed by atoms with Crippen LogP contribution in [0, 0.1) is 5.92 Å². The number of ether oxygens (including phenoxy) is 2. The van der Waals surface area contributed by atoms with E-state index in [-0.39, 0.29) is 0 Å². The predicted octanol–water partition coefficient (Wildman–Crippen LogP) is 1.95. The van der Waals surface area contributed by atoms with Crippen LogP contribution in [-0.4, -0.2) is 24.9 Å². The Morgan fingerprint density at radius 2 is 2.29 bits per heavy atom. The average molecular weight is 236 g/mol. The summed E-state index contributed by atoms with van der Waals surface area (Å²) in [6, 6.07) is 3.90. The molecule has 0 bridgehead atoms. The molecule has 1 fully saturated rings. The van der Waals surface area contributed by atoms with Crippen molar-refractivity contribution >= 4 is 0 Å². The molecule has 0 amide bonds. The Hall–Kier alpha value is -1.13. The molecule has 4 heteroatoms. The molecule has 1 aliphatic rings. The van der Waals surface area contributed by atoms with Gasteiger partial charge in [-0.15, -0.1) is 0 Å². The SMILES string of the molecule is CCNCc1ccc(OCOCC2CC2)cn1. The predicted molar refractivity (Wildman–Crippen MR) is 65.8 cm³/mol. The Kier molecular flexibility index (Phi) is 4.76. The molecule has 1 heterocycles. The molecule has 17 heavy (non-hydrogen) atoms. The summed E-state index contributed by atoms with van der Waals surface area (Å²) in [4.78, 5) is 4.30. The quantitative estimate of drug-likeness (QED) is 0.553. The lowest BCUT2D eigenvalue weighted by molar-refractivity contribution is 0.00977. The second kappa shape index (κ2) is 6.57. The van der Waals surface area contributed by atoms with Crippen LogP contribution in [0.1, 0.15) is 25.5 Å². The molecule has 4 nitrogen and oxygen atoms in total. The maximum absolute atomic E-state index is 5.44. The van der Waals surface area contributed by atoms with Gasteiger partial charge in [-0.3, -0.25) is 4.98 Å². The molecule has 0 atom stereocenters. The van der Waals surface area contributed by atoms with E-state index in [1.807, 2.05) is 12.1 Å². The Bertz CT molecular complexity index is 323. The van der Waals surface area contributed by atoms with Crippen molar-refractivity contribution in [3.8, 4) is 5.75 Å². The number of aromatic nitrogens is 1. The lowest BCUT2D eigenvalue weighted by Crippen LogP contribution is -2.12. The van der Waals surface area contributed by atoms with Gasteiger partial charge < -0.3 is 14.8 Å². The number of nitrogens with zero attached hydrogens (tertiary/aromatic N) is 1. The van der Waals surface area contributed by atoms with E-state index in [0.29, 0.717) is 6.79 Å². The first kappa shape index (κ1) is 12.3. The number of hydrogen-bond donors (Lipinski definition) is 1. The summed E-state index contributed by atoms with van der Waals surface area (Å²) in [5.74, 6) is 1.54. The van der Waals surface area contributed by atoms with E-state index in [0.717, 1.165) is 37.1 Å². The van der Waals surface area contributed by atoms with Gasteiger partial charge in [0.1, 0.15) is 5.75 Å².